The molecule has 2 unspecified atom stereocenters. The van der Waals surface area contributed by atoms with Crippen LogP contribution in [0.15, 0.2) is 67.6 Å². The Kier molecular flexibility index (Phi) is 5.02. The quantitative estimate of drug-likeness (QED) is 0.366. The standard InChI is InChI=1S/C29H26N8O/c1-4-6-23-22(27(20-8-5-7-18(2)13-20)31-28-33-34-35-37(23)28)15-25-29(32-25,26-16-30-17-36(26)3)21-9-10-24-19(14-21)11-12-38-24/h4-10,13-17,25,32H,1,11-12H2,2-3H3/b22-15+,23-6+. The molecular formula is C29H26N8O. The van der Waals surface area contributed by atoms with E-state index in [1.165, 1.54) is 11.1 Å². The number of nitrogens with zero attached hydrogens (tertiary/aromatic N) is 7. The number of nitrogens with one attached hydrogen (secondary N) is 1. The van der Waals surface area contributed by atoms with E-state index in [1.54, 1.807) is 10.6 Å². The van der Waals surface area contributed by atoms with Crippen LogP contribution in [0.2, 0.25) is 0 Å². The normalized spacial score (nSPS) is 21.1. The van der Waals surface area contributed by atoms with Crippen LogP contribution >= 0.6 is 0 Å². The minimum atomic E-state index is -0.451. The first-order chi connectivity index (χ1) is 18.6. The number of imidazole rings is 1. The second-order valence-electron chi connectivity index (χ2n) is 9.83. The van der Waals surface area contributed by atoms with E-state index < -0.39 is 5.54 Å². The molecule has 1 saturated heterocycles. The third-order valence-corrected chi connectivity index (χ3v) is 7.46. The molecule has 1 fully saturated rings. The van der Waals surface area contributed by atoms with E-state index in [4.69, 9.17) is 9.72 Å². The monoisotopic (exact) mass is 502 g/mol. The summed E-state index contributed by atoms with van der Waals surface area (Å²) in [7, 11) is 2.03. The molecule has 2 atom stereocenters. The fraction of sp³-hybridized carbons (Fsp3) is 0.207. The van der Waals surface area contributed by atoms with Crippen LogP contribution in [-0.2, 0) is 19.0 Å². The highest BCUT2D eigenvalue weighted by atomic mass is 16.5. The van der Waals surface area contributed by atoms with E-state index >= 15 is 0 Å². The molecule has 5 aromatic rings. The summed E-state index contributed by atoms with van der Waals surface area (Å²) in [6, 6.07) is 14.8. The molecule has 0 saturated carbocycles. The van der Waals surface area contributed by atoms with Gasteiger partial charge in [-0.2, -0.15) is 4.52 Å². The molecule has 0 amide bonds. The van der Waals surface area contributed by atoms with Crippen molar-refractivity contribution in [3.8, 4) is 17.0 Å². The molecule has 1 N–H and O–H groups in total. The third-order valence-electron chi connectivity index (χ3n) is 7.46. The Morgan fingerprint density at radius 2 is 2.13 bits per heavy atom. The van der Waals surface area contributed by atoms with E-state index in [0.717, 1.165) is 51.9 Å². The molecule has 0 aliphatic carbocycles. The van der Waals surface area contributed by atoms with Gasteiger partial charge in [0.25, 0.3) is 5.78 Å². The molecule has 2 aromatic carbocycles. The Hall–Kier alpha value is -4.63. The average molecular weight is 503 g/mol. The summed E-state index contributed by atoms with van der Waals surface area (Å²) in [5.41, 5.74) is 6.01. The molecule has 2 aliphatic rings. The number of ether oxygens (including phenoxy) is 1. The molecule has 5 heterocycles. The second kappa shape index (κ2) is 8.46. The predicted octanol–water partition coefficient (Wildman–Crippen LogP) is 1.83. The first kappa shape index (κ1) is 22.6. The maximum Gasteiger partial charge on any atom is 0.274 e. The van der Waals surface area contributed by atoms with Gasteiger partial charge in [0, 0.05) is 24.3 Å². The van der Waals surface area contributed by atoms with Crippen molar-refractivity contribution in [2.24, 2.45) is 7.05 Å². The number of allylic oxidation sites excluding steroid dienone is 1. The van der Waals surface area contributed by atoms with Gasteiger partial charge in [-0.1, -0.05) is 53.7 Å². The zero-order valence-electron chi connectivity index (χ0n) is 21.2. The van der Waals surface area contributed by atoms with Gasteiger partial charge in [0.15, 0.2) is 0 Å². The maximum atomic E-state index is 5.78. The number of fused-ring (bicyclic) bond motifs is 2. The summed E-state index contributed by atoms with van der Waals surface area (Å²) in [6.07, 6.45) is 10.6. The van der Waals surface area contributed by atoms with Crippen molar-refractivity contribution in [2.45, 2.75) is 24.9 Å². The zero-order chi connectivity index (χ0) is 25.9. The second-order valence-corrected chi connectivity index (χ2v) is 9.83. The zero-order valence-corrected chi connectivity index (χ0v) is 21.2. The fourth-order valence-corrected chi connectivity index (χ4v) is 5.60. The Morgan fingerprint density at radius 3 is 2.95 bits per heavy atom. The summed E-state index contributed by atoms with van der Waals surface area (Å²) < 4.78 is 9.52. The summed E-state index contributed by atoms with van der Waals surface area (Å²) in [6.45, 7) is 6.75. The van der Waals surface area contributed by atoms with Gasteiger partial charge >= 0.3 is 0 Å². The van der Waals surface area contributed by atoms with Gasteiger partial charge in [-0.05, 0) is 52.8 Å². The molecular weight excluding hydrogens is 476 g/mol. The van der Waals surface area contributed by atoms with Crippen molar-refractivity contribution in [2.75, 3.05) is 6.61 Å². The summed E-state index contributed by atoms with van der Waals surface area (Å²) >= 11 is 0. The molecule has 0 radical (unpaired) electrons. The van der Waals surface area contributed by atoms with Crippen molar-refractivity contribution < 1.29 is 4.74 Å². The molecule has 9 nitrogen and oxygen atoms in total. The highest BCUT2D eigenvalue weighted by molar-refractivity contribution is 5.67. The van der Waals surface area contributed by atoms with Crippen molar-refractivity contribution in [1.29, 1.82) is 0 Å². The van der Waals surface area contributed by atoms with Gasteiger partial charge in [-0.15, -0.1) is 0 Å². The summed E-state index contributed by atoms with van der Waals surface area (Å²) in [5, 5.41) is 17.8. The van der Waals surface area contributed by atoms with Crippen LogP contribution in [0.4, 0.5) is 0 Å². The van der Waals surface area contributed by atoms with Crippen LogP contribution in [0.1, 0.15) is 22.4 Å². The number of aromatic nitrogens is 7. The topological polar surface area (TPSA) is 105 Å². The van der Waals surface area contributed by atoms with Crippen LogP contribution in [0.25, 0.3) is 29.2 Å². The molecule has 0 bridgehead atoms. The largest absolute Gasteiger partial charge is 0.493 e. The molecule has 0 spiro atoms. The first-order valence-electron chi connectivity index (χ1n) is 12.6. The van der Waals surface area contributed by atoms with Gasteiger partial charge in [-0.25, -0.2) is 9.97 Å². The van der Waals surface area contributed by atoms with Gasteiger partial charge < -0.3 is 9.30 Å². The van der Waals surface area contributed by atoms with E-state index in [2.05, 4.69) is 86.4 Å². The summed E-state index contributed by atoms with van der Waals surface area (Å²) in [4.78, 5) is 9.34. The van der Waals surface area contributed by atoms with E-state index in [1.807, 2.05) is 31.7 Å². The van der Waals surface area contributed by atoms with Gasteiger partial charge in [-0.3, -0.25) is 5.32 Å². The number of hydrogen-bond donors (Lipinski definition) is 1. The van der Waals surface area contributed by atoms with Crippen LogP contribution in [-0.4, -0.2) is 47.2 Å². The number of aryl methyl sites for hydroxylation is 2. The van der Waals surface area contributed by atoms with Crippen LogP contribution in [0.3, 0.4) is 0 Å². The van der Waals surface area contributed by atoms with Crippen LogP contribution < -0.4 is 20.6 Å². The van der Waals surface area contributed by atoms with Crippen LogP contribution in [0.5, 0.6) is 5.75 Å². The number of tetrazole rings is 1. The van der Waals surface area contributed by atoms with E-state index in [-0.39, 0.29) is 6.04 Å². The Balaban J connectivity index is 1.49. The van der Waals surface area contributed by atoms with Crippen molar-refractivity contribution in [3.05, 3.63) is 101 Å². The SMILES string of the molecule is C=C/C=c1\c(=C/C2NC2(c2ccc3c(c2)CCO3)c2cncn2C)c(-c2cccc(C)c2)nc2nnnn12. The molecule has 188 valence electrons. The molecule has 2 aliphatic heterocycles. The Labute approximate surface area is 218 Å². The first-order valence-corrected chi connectivity index (χ1v) is 12.6. The number of benzene rings is 2. The fourth-order valence-electron chi connectivity index (χ4n) is 5.60. The minimum absolute atomic E-state index is 0.0328. The minimum Gasteiger partial charge on any atom is -0.493 e. The van der Waals surface area contributed by atoms with Crippen molar-refractivity contribution in [3.63, 3.8) is 0 Å². The molecule has 38 heavy (non-hydrogen) atoms. The Morgan fingerprint density at radius 1 is 1.21 bits per heavy atom. The number of hydrogen-bond acceptors (Lipinski definition) is 7. The lowest BCUT2D eigenvalue weighted by atomic mass is 9.89. The van der Waals surface area contributed by atoms with Gasteiger partial charge in [0.2, 0.25) is 0 Å². The third kappa shape index (κ3) is 3.39. The Bertz CT molecular complexity index is 1850. The van der Waals surface area contributed by atoms with Crippen molar-refractivity contribution >= 4 is 17.9 Å². The summed E-state index contributed by atoms with van der Waals surface area (Å²) in [5.74, 6) is 1.40. The highest BCUT2D eigenvalue weighted by Gasteiger charge is 2.57. The van der Waals surface area contributed by atoms with Gasteiger partial charge in [0.1, 0.15) is 11.3 Å². The van der Waals surface area contributed by atoms with Crippen molar-refractivity contribution in [1.82, 2.24) is 39.9 Å². The maximum absolute atomic E-state index is 5.78. The predicted molar refractivity (Wildman–Crippen MR) is 144 cm³/mol. The molecule has 9 heteroatoms. The lowest BCUT2D eigenvalue weighted by Gasteiger charge is -2.17. The molecule has 3 aromatic heterocycles. The lowest BCUT2D eigenvalue weighted by molar-refractivity contribution is 0.357. The van der Waals surface area contributed by atoms with E-state index in [0.29, 0.717) is 5.78 Å². The smallest absolute Gasteiger partial charge is 0.274 e. The molecule has 7 rings (SSSR count). The highest BCUT2D eigenvalue weighted by Crippen LogP contribution is 2.46. The number of rotatable bonds is 5. The average Bonchev–Trinajstić information content (AvgIpc) is 3.33. The van der Waals surface area contributed by atoms with E-state index in [9.17, 15) is 0 Å². The van der Waals surface area contributed by atoms with Crippen LogP contribution in [0, 0.1) is 6.92 Å². The van der Waals surface area contributed by atoms with Gasteiger partial charge in [0.05, 0.1) is 41.9 Å². The lowest BCUT2D eigenvalue weighted by Crippen LogP contribution is -2.36.